The largest absolute Gasteiger partial charge is 0.456 e. The average Bonchev–Trinajstić information content (AvgIpc) is 3.06. The Kier molecular flexibility index (Phi) is 5.12. The Hall–Kier alpha value is -1.26. The number of anilines is 1. The Morgan fingerprint density at radius 2 is 1.87 bits per heavy atom. The molecule has 0 saturated heterocycles. The number of hydrogen-bond donors (Lipinski definition) is 1. The molecular formula is C17H19Cl2NO3. The number of fused-ring (bicyclic) bond motifs is 2. The lowest BCUT2D eigenvalue weighted by Gasteiger charge is -2.20. The number of nitrogens with one attached hydrogen (secondary N) is 1. The first kappa shape index (κ1) is 16.6. The van der Waals surface area contributed by atoms with E-state index in [2.05, 4.69) is 5.32 Å². The zero-order chi connectivity index (χ0) is 16.4. The monoisotopic (exact) mass is 355 g/mol. The molecule has 2 saturated carbocycles. The Labute approximate surface area is 145 Å². The van der Waals surface area contributed by atoms with Gasteiger partial charge in [0.1, 0.15) is 0 Å². The van der Waals surface area contributed by atoms with Gasteiger partial charge in [0.25, 0.3) is 5.91 Å². The van der Waals surface area contributed by atoms with Gasteiger partial charge in [-0.25, -0.2) is 0 Å². The summed E-state index contributed by atoms with van der Waals surface area (Å²) >= 11 is 11.7. The molecule has 3 atom stereocenters. The quantitative estimate of drug-likeness (QED) is 0.801. The van der Waals surface area contributed by atoms with Crippen molar-refractivity contribution in [2.24, 2.45) is 17.8 Å². The fourth-order valence-electron chi connectivity index (χ4n) is 3.87. The second-order valence-corrected chi connectivity index (χ2v) is 7.38. The molecule has 2 aliphatic rings. The van der Waals surface area contributed by atoms with Gasteiger partial charge in [-0.3, -0.25) is 9.59 Å². The smallest absolute Gasteiger partial charge is 0.306 e. The molecule has 3 rings (SSSR count). The number of rotatable bonds is 5. The number of benzene rings is 1. The van der Waals surface area contributed by atoms with Crippen molar-refractivity contribution >= 4 is 40.8 Å². The van der Waals surface area contributed by atoms with E-state index in [1.165, 1.54) is 19.3 Å². The second kappa shape index (κ2) is 7.10. The van der Waals surface area contributed by atoms with Gasteiger partial charge in [0.2, 0.25) is 0 Å². The highest BCUT2D eigenvalue weighted by Crippen LogP contribution is 2.49. The summed E-state index contributed by atoms with van der Waals surface area (Å²) in [4.78, 5) is 23.7. The van der Waals surface area contributed by atoms with Crippen LogP contribution in [0.2, 0.25) is 10.0 Å². The normalized spacial score (nSPS) is 25.4. The van der Waals surface area contributed by atoms with Gasteiger partial charge >= 0.3 is 5.97 Å². The molecule has 1 aromatic rings. The summed E-state index contributed by atoms with van der Waals surface area (Å²) in [5.74, 6) is 1.23. The predicted molar refractivity (Wildman–Crippen MR) is 89.6 cm³/mol. The van der Waals surface area contributed by atoms with Gasteiger partial charge in [-0.2, -0.15) is 0 Å². The number of halogens is 2. The first-order chi connectivity index (χ1) is 11.0. The standard InChI is InChI=1S/C17H19Cl2NO3/c18-13-6-14(19)8-15(7-13)20-16(21)9-23-17(22)5-12-4-10-1-2-11(12)3-10/h6-8,10-12H,1-5,9H2,(H,20,21)/t10-,11-,12+/m1/s1. The van der Waals surface area contributed by atoms with E-state index in [9.17, 15) is 9.59 Å². The van der Waals surface area contributed by atoms with Crippen molar-refractivity contribution in [2.75, 3.05) is 11.9 Å². The van der Waals surface area contributed by atoms with Crippen LogP contribution >= 0.6 is 23.2 Å². The van der Waals surface area contributed by atoms with E-state index in [0.29, 0.717) is 34.0 Å². The predicted octanol–water partition coefficient (Wildman–Crippen LogP) is 4.30. The Bertz CT molecular complexity index is 600. The molecule has 0 heterocycles. The van der Waals surface area contributed by atoms with E-state index in [1.54, 1.807) is 18.2 Å². The number of carbonyl (C=O) groups excluding carboxylic acids is 2. The summed E-state index contributed by atoms with van der Waals surface area (Å²) < 4.78 is 5.09. The highest BCUT2D eigenvalue weighted by molar-refractivity contribution is 6.35. The number of hydrogen-bond acceptors (Lipinski definition) is 3. The van der Waals surface area contributed by atoms with Crippen LogP contribution in [0.15, 0.2) is 18.2 Å². The Morgan fingerprint density at radius 3 is 2.48 bits per heavy atom. The van der Waals surface area contributed by atoms with E-state index in [1.807, 2.05) is 0 Å². The van der Waals surface area contributed by atoms with Crippen molar-refractivity contribution in [3.63, 3.8) is 0 Å². The second-order valence-electron chi connectivity index (χ2n) is 6.51. The summed E-state index contributed by atoms with van der Waals surface area (Å²) in [6.45, 7) is -0.288. The lowest BCUT2D eigenvalue weighted by atomic mass is 9.86. The zero-order valence-corrected chi connectivity index (χ0v) is 14.2. The van der Waals surface area contributed by atoms with E-state index in [0.717, 1.165) is 12.3 Å². The van der Waals surface area contributed by atoms with Crippen LogP contribution in [0.25, 0.3) is 0 Å². The van der Waals surface area contributed by atoms with Crippen LogP contribution in [0, 0.1) is 17.8 Å². The van der Waals surface area contributed by atoms with Crippen LogP contribution in [0.3, 0.4) is 0 Å². The molecule has 2 fully saturated rings. The molecule has 0 aliphatic heterocycles. The van der Waals surface area contributed by atoms with Crippen LogP contribution < -0.4 is 5.32 Å². The lowest BCUT2D eigenvalue weighted by Crippen LogP contribution is -2.23. The minimum atomic E-state index is -0.398. The maximum Gasteiger partial charge on any atom is 0.306 e. The highest BCUT2D eigenvalue weighted by Gasteiger charge is 2.40. The number of esters is 1. The van der Waals surface area contributed by atoms with E-state index >= 15 is 0 Å². The van der Waals surface area contributed by atoms with E-state index < -0.39 is 5.91 Å². The van der Waals surface area contributed by atoms with Gasteiger partial charge in [0, 0.05) is 22.2 Å². The number of amides is 1. The van der Waals surface area contributed by atoms with E-state index in [4.69, 9.17) is 27.9 Å². The minimum absolute atomic E-state index is 0.288. The summed E-state index contributed by atoms with van der Waals surface area (Å²) in [5.41, 5.74) is 0.483. The van der Waals surface area contributed by atoms with Crippen LogP contribution in [-0.4, -0.2) is 18.5 Å². The van der Waals surface area contributed by atoms with Gasteiger partial charge < -0.3 is 10.1 Å². The molecule has 0 spiro atoms. The molecule has 1 amide bonds. The Morgan fingerprint density at radius 1 is 1.13 bits per heavy atom. The molecule has 1 aromatic carbocycles. The zero-order valence-electron chi connectivity index (χ0n) is 12.7. The molecule has 6 heteroatoms. The molecule has 23 heavy (non-hydrogen) atoms. The van der Waals surface area contributed by atoms with Gasteiger partial charge in [0.15, 0.2) is 6.61 Å². The third-order valence-electron chi connectivity index (χ3n) is 4.82. The van der Waals surface area contributed by atoms with Crippen molar-refractivity contribution in [3.05, 3.63) is 28.2 Å². The maximum absolute atomic E-state index is 11.9. The topological polar surface area (TPSA) is 55.4 Å². The SMILES string of the molecule is O=C(COC(=O)C[C@@H]1C[C@@H]2CC[C@@H]1C2)Nc1cc(Cl)cc(Cl)c1. The molecule has 2 aliphatic carbocycles. The highest BCUT2D eigenvalue weighted by atomic mass is 35.5. The molecule has 124 valence electrons. The summed E-state index contributed by atoms with van der Waals surface area (Å²) in [5, 5.41) is 3.48. The van der Waals surface area contributed by atoms with Gasteiger partial charge in [-0.05, 0) is 55.2 Å². The molecule has 2 bridgehead atoms. The number of ether oxygens (including phenoxy) is 1. The fourth-order valence-corrected chi connectivity index (χ4v) is 4.39. The summed E-state index contributed by atoms with van der Waals surface area (Å²) in [6, 6.07) is 4.75. The molecule has 4 nitrogen and oxygen atoms in total. The minimum Gasteiger partial charge on any atom is -0.456 e. The van der Waals surface area contributed by atoms with Crippen molar-refractivity contribution in [1.82, 2.24) is 0 Å². The summed E-state index contributed by atoms with van der Waals surface area (Å²) in [6.07, 6.45) is 5.36. The fraction of sp³-hybridized carbons (Fsp3) is 0.529. The maximum atomic E-state index is 11.9. The first-order valence-electron chi connectivity index (χ1n) is 7.91. The van der Waals surface area contributed by atoms with Gasteiger partial charge in [-0.15, -0.1) is 0 Å². The van der Waals surface area contributed by atoms with Gasteiger partial charge in [0.05, 0.1) is 0 Å². The average molecular weight is 356 g/mol. The van der Waals surface area contributed by atoms with Crippen LogP contribution in [-0.2, 0) is 14.3 Å². The molecular weight excluding hydrogens is 337 g/mol. The third-order valence-corrected chi connectivity index (χ3v) is 5.26. The number of carbonyl (C=O) groups is 2. The molecule has 0 radical (unpaired) electrons. The van der Waals surface area contributed by atoms with Crippen LogP contribution in [0.4, 0.5) is 5.69 Å². The van der Waals surface area contributed by atoms with Crippen molar-refractivity contribution in [1.29, 1.82) is 0 Å². The molecule has 0 aromatic heterocycles. The van der Waals surface area contributed by atoms with Crippen molar-refractivity contribution in [2.45, 2.75) is 32.1 Å². The summed E-state index contributed by atoms with van der Waals surface area (Å²) in [7, 11) is 0. The van der Waals surface area contributed by atoms with Crippen LogP contribution in [0.1, 0.15) is 32.1 Å². The van der Waals surface area contributed by atoms with Crippen LogP contribution in [0.5, 0.6) is 0 Å². The van der Waals surface area contributed by atoms with Crippen molar-refractivity contribution in [3.8, 4) is 0 Å². The third kappa shape index (κ3) is 4.39. The van der Waals surface area contributed by atoms with Crippen molar-refractivity contribution < 1.29 is 14.3 Å². The molecule has 0 unspecified atom stereocenters. The first-order valence-corrected chi connectivity index (χ1v) is 8.67. The van der Waals surface area contributed by atoms with E-state index in [-0.39, 0.29) is 12.6 Å². The van der Waals surface area contributed by atoms with Gasteiger partial charge in [-0.1, -0.05) is 29.6 Å². The Balaban J connectivity index is 1.42. The molecule has 1 N–H and O–H groups in total. The lowest BCUT2D eigenvalue weighted by molar-refractivity contribution is -0.148.